The fraction of sp³-hybridized carbons (Fsp3) is 0.111. The minimum absolute atomic E-state index is 0.0352. The molecule has 6 heteroatoms. The van der Waals surface area contributed by atoms with Crippen molar-refractivity contribution < 1.29 is 23.5 Å². The maximum Gasteiger partial charge on any atom is 0.331 e. The zero-order valence-electron chi connectivity index (χ0n) is 12.8. The number of hydrogen-bond donors (Lipinski definition) is 0. The largest absolute Gasteiger partial charge is 0.494 e. The van der Waals surface area contributed by atoms with E-state index in [0.717, 1.165) is 11.6 Å². The van der Waals surface area contributed by atoms with E-state index in [-0.39, 0.29) is 11.3 Å². The normalized spacial score (nSPS) is 10.6. The number of benzene rings is 2. The summed E-state index contributed by atoms with van der Waals surface area (Å²) in [6, 6.07) is 10.7. The molecule has 0 aliphatic rings. The minimum Gasteiger partial charge on any atom is -0.494 e. The van der Waals surface area contributed by atoms with Crippen LogP contribution in [0, 0.1) is 5.82 Å². The molecule has 0 bridgehead atoms. The minimum atomic E-state index is -0.683. The molecule has 0 saturated carbocycles. The van der Waals surface area contributed by atoms with Gasteiger partial charge < -0.3 is 9.47 Å². The van der Waals surface area contributed by atoms with Gasteiger partial charge in [0.1, 0.15) is 0 Å². The highest BCUT2D eigenvalue weighted by atomic mass is 35.5. The number of ketones is 1. The summed E-state index contributed by atoms with van der Waals surface area (Å²) >= 11 is 5.83. The molecule has 0 atom stereocenters. The average Bonchev–Trinajstić information content (AvgIpc) is 2.57. The number of hydrogen-bond acceptors (Lipinski definition) is 4. The highest BCUT2D eigenvalue weighted by Crippen LogP contribution is 2.18. The first-order valence-corrected chi connectivity index (χ1v) is 7.34. The lowest BCUT2D eigenvalue weighted by atomic mass is 10.1. The van der Waals surface area contributed by atoms with Crippen molar-refractivity contribution in [1.29, 1.82) is 0 Å². The topological polar surface area (TPSA) is 52.6 Å². The number of ether oxygens (including phenoxy) is 2. The summed E-state index contributed by atoms with van der Waals surface area (Å²) in [5.41, 5.74) is 0.822. The summed E-state index contributed by atoms with van der Waals surface area (Å²) in [7, 11) is 1.33. The van der Waals surface area contributed by atoms with E-state index in [1.807, 2.05) is 0 Å². The van der Waals surface area contributed by atoms with Gasteiger partial charge in [0, 0.05) is 16.7 Å². The fourth-order valence-electron chi connectivity index (χ4n) is 1.88. The molecule has 0 saturated heterocycles. The molecule has 2 rings (SSSR count). The van der Waals surface area contributed by atoms with Crippen LogP contribution in [-0.2, 0) is 9.53 Å². The van der Waals surface area contributed by atoms with Gasteiger partial charge in [-0.1, -0.05) is 23.7 Å². The fourth-order valence-corrected chi connectivity index (χ4v) is 2.08. The number of carbonyl (C=O) groups is 2. The van der Waals surface area contributed by atoms with E-state index in [4.69, 9.17) is 21.1 Å². The van der Waals surface area contributed by atoms with Crippen LogP contribution in [0.25, 0.3) is 6.08 Å². The van der Waals surface area contributed by atoms with E-state index in [0.29, 0.717) is 5.02 Å². The molecule has 2 aromatic carbocycles. The molecule has 124 valence electrons. The first-order valence-electron chi connectivity index (χ1n) is 6.97. The van der Waals surface area contributed by atoms with Crippen LogP contribution in [0.5, 0.6) is 5.75 Å². The summed E-state index contributed by atoms with van der Waals surface area (Å²) in [4.78, 5) is 23.5. The number of rotatable bonds is 6. The monoisotopic (exact) mass is 348 g/mol. The molecule has 0 heterocycles. The molecule has 0 radical (unpaired) electrons. The van der Waals surface area contributed by atoms with E-state index in [1.165, 1.54) is 31.4 Å². The Morgan fingerprint density at radius 1 is 1.21 bits per heavy atom. The number of halogens is 2. The number of Topliss-reactive ketones (excluding diaryl/α,β-unsaturated/α-hetero) is 1. The van der Waals surface area contributed by atoms with E-state index in [9.17, 15) is 14.0 Å². The first-order chi connectivity index (χ1) is 11.5. The van der Waals surface area contributed by atoms with Crippen LogP contribution in [0.1, 0.15) is 15.9 Å². The van der Waals surface area contributed by atoms with Gasteiger partial charge in [-0.3, -0.25) is 4.79 Å². The Bertz CT molecular complexity index is 786. The van der Waals surface area contributed by atoms with Gasteiger partial charge in [-0.15, -0.1) is 0 Å². The van der Waals surface area contributed by atoms with Gasteiger partial charge in [-0.05, 0) is 42.0 Å². The van der Waals surface area contributed by atoms with E-state index in [2.05, 4.69) is 0 Å². The Kier molecular flexibility index (Phi) is 6.09. The highest BCUT2D eigenvalue weighted by Gasteiger charge is 2.11. The van der Waals surface area contributed by atoms with Crippen molar-refractivity contribution in [2.45, 2.75) is 0 Å². The summed E-state index contributed by atoms with van der Waals surface area (Å²) in [5, 5.41) is 0.544. The van der Waals surface area contributed by atoms with Gasteiger partial charge in [0.2, 0.25) is 0 Å². The molecular weight excluding hydrogens is 335 g/mol. The van der Waals surface area contributed by atoms with Gasteiger partial charge in [0.05, 0.1) is 7.11 Å². The number of methoxy groups -OCH3 is 1. The van der Waals surface area contributed by atoms with Crippen LogP contribution in [0.3, 0.4) is 0 Å². The van der Waals surface area contributed by atoms with Gasteiger partial charge in [0.15, 0.2) is 24.0 Å². The van der Waals surface area contributed by atoms with Gasteiger partial charge in [-0.25, -0.2) is 9.18 Å². The third-order valence-corrected chi connectivity index (χ3v) is 3.31. The van der Waals surface area contributed by atoms with Crippen molar-refractivity contribution in [1.82, 2.24) is 0 Å². The Balaban J connectivity index is 1.91. The van der Waals surface area contributed by atoms with Crippen molar-refractivity contribution in [2.24, 2.45) is 0 Å². The van der Waals surface area contributed by atoms with Crippen molar-refractivity contribution >= 4 is 29.4 Å². The van der Waals surface area contributed by atoms with Crippen LogP contribution in [0.2, 0.25) is 5.02 Å². The van der Waals surface area contributed by atoms with Gasteiger partial charge in [-0.2, -0.15) is 0 Å². The quantitative estimate of drug-likeness (QED) is 0.451. The molecule has 4 nitrogen and oxygen atoms in total. The lowest BCUT2D eigenvalue weighted by molar-refractivity contribution is -0.136. The Hall–Kier alpha value is -2.66. The van der Waals surface area contributed by atoms with E-state index < -0.39 is 24.2 Å². The average molecular weight is 349 g/mol. The molecule has 0 aliphatic heterocycles. The predicted molar refractivity (Wildman–Crippen MR) is 88.7 cm³/mol. The third kappa shape index (κ3) is 4.93. The molecule has 0 aromatic heterocycles. The van der Waals surface area contributed by atoms with Crippen molar-refractivity contribution in [3.05, 3.63) is 70.5 Å². The summed E-state index contributed by atoms with van der Waals surface area (Å²) in [6.45, 7) is -0.482. The SMILES string of the molecule is COc1ccc(C(=O)COC(=O)/C=C/c2cccc(Cl)c2)cc1F. The molecule has 0 amide bonds. The maximum atomic E-state index is 13.5. The molecule has 0 aliphatic carbocycles. The molecule has 24 heavy (non-hydrogen) atoms. The standard InChI is InChI=1S/C18H14ClFO4/c1-23-17-7-6-13(10-15(17)20)16(21)11-24-18(22)8-5-12-3-2-4-14(19)9-12/h2-10H,11H2,1H3/b8-5+. The number of esters is 1. The summed E-state index contributed by atoms with van der Waals surface area (Å²) < 4.78 is 23.2. The van der Waals surface area contributed by atoms with Crippen LogP contribution >= 0.6 is 11.6 Å². The van der Waals surface area contributed by atoms with Crippen LogP contribution in [0.4, 0.5) is 4.39 Å². The molecule has 0 unspecified atom stereocenters. The zero-order chi connectivity index (χ0) is 17.5. The molecule has 2 aromatic rings. The second-order valence-electron chi connectivity index (χ2n) is 4.77. The molecular formula is C18H14ClFO4. The van der Waals surface area contributed by atoms with Crippen LogP contribution in [-0.4, -0.2) is 25.5 Å². The summed E-state index contributed by atoms with van der Waals surface area (Å²) in [6.07, 6.45) is 2.71. The van der Waals surface area contributed by atoms with Gasteiger partial charge >= 0.3 is 5.97 Å². The maximum absolute atomic E-state index is 13.5. The molecule has 0 fully saturated rings. The zero-order valence-corrected chi connectivity index (χ0v) is 13.5. The predicted octanol–water partition coefficient (Wildman–Crippen LogP) is 3.93. The third-order valence-electron chi connectivity index (χ3n) is 3.08. The second-order valence-corrected chi connectivity index (χ2v) is 5.20. The van der Waals surface area contributed by atoms with E-state index in [1.54, 1.807) is 24.3 Å². The Morgan fingerprint density at radius 2 is 2.00 bits per heavy atom. The van der Waals surface area contributed by atoms with Crippen LogP contribution in [0.15, 0.2) is 48.5 Å². The van der Waals surface area contributed by atoms with Crippen molar-refractivity contribution in [2.75, 3.05) is 13.7 Å². The Labute approximate surface area is 143 Å². The second kappa shape index (κ2) is 8.26. The first kappa shape index (κ1) is 17.7. The lowest BCUT2D eigenvalue weighted by Crippen LogP contribution is -2.12. The Morgan fingerprint density at radius 3 is 2.67 bits per heavy atom. The van der Waals surface area contributed by atoms with Crippen LogP contribution < -0.4 is 4.74 Å². The summed E-state index contributed by atoms with van der Waals surface area (Å²) in [5.74, 6) is -1.82. The van der Waals surface area contributed by atoms with Gasteiger partial charge in [0.25, 0.3) is 0 Å². The molecule has 0 N–H and O–H groups in total. The van der Waals surface area contributed by atoms with Crippen molar-refractivity contribution in [3.63, 3.8) is 0 Å². The van der Waals surface area contributed by atoms with Crippen molar-refractivity contribution in [3.8, 4) is 5.75 Å². The lowest BCUT2D eigenvalue weighted by Gasteiger charge is -2.05. The smallest absolute Gasteiger partial charge is 0.331 e. The number of carbonyl (C=O) groups excluding carboxylic acids is 2. The highest BCUT2D eigenvalue weighted by molar-refractivity contribution is 6.30. The molecule has 0 spiro atoms. The van der Waals surface area contributed by atoms with E-state index >= 15 is 0 Å².